The third-order valence-electron chi connectivity index (χ3n) is 6.45. The van der Waals surface area contributed by atoms with Crippen LogP contribution in [0.15, 0.2) is 10.6 Å². The van der Waals surface area contributed by atoms with Crippen LogP contribution in [0.1, 0.15) is 54.3 Å². The van der Waals surface area contributed by atoms with Gasteiger partial charge in [-0.1, -0.05) is 5.16 Å². The molecule has 4 fully saturated rings. The van der Waals surface area contributed by atoms with Crippen LogP contribution in [0.5, 0.6) is 0 Å². The summed E-state index contributed by atoms with van der Waals surface area (Å²) in [6.45, 7) is 3.96. The van der Waals surface area contributed by atoms with Crippen LogP contribution >= 0.6 is 0 Å². The van der Waals surface area contributed by atoms with Gasteiger partial charge in [-0.05, 0) is 38.0 Å². The van der Waals surface area contributed by atoms with Crippen molar-refractivity contribution >= 4 is 5.91 Å². The molecule has 2 aliphatic carbocycles. The maximum absolute atomic E-state index is 13.1. The summed E-state index contributed by atoms with van der Waals surface area (Å²) in [4.78, 5) is 17.7. The zero-order chi connectivity index (χ0) is 17.0. The lowest BCUT2D eigenvalue weighted by Crippen LogP contribution is -2.53. The molecule has 3 heterocycles. The monoisotopic (exact) mass is 345 g/mol. The molecule has 0 N–H and O–H groups in total. The van der Waals surface area contributed by atoms with E-state index in [9.17, 15) is 4.79 Å². The van der Waals surface area contributed by atoms with E-state index in [1.807, 2.05) is 18.1 Å². The maximum Gasteiger partial charge on any atom is 0.276 e. The van der Waals surface area contributed by atoms with Gasteiger partial charge in [0.2, 0.25) is 0 Å². The molecule has 1 aromatic rings. The first-order chi connectivity index (χ1) is 12.2. The van der Waals surface area contributed by atoms with Crippen molar-refractivity contribution in [3.8, 4) is 0 Å². The second kappa shape index (κ2) is 6.09. The minimum atomic E-state index is 0.0356. The van der Waals surface area contributed by atoms with E-state index in [1.54, 1.807) is 0 Å². The van der Waals surface area contributed by atoms with Gasteiger partial charge in [-0.25, -0.2) is 0 Å². The molecule has 0 aromatic carbocycles. The Kier molecular flexibility index (Phi) is 3.86. The number of fused-ring (bicyclic) bond motifs is 1. The quantitative estimate of drug-likeness (QED) is 0.818. The number of aromatic nitrogens is 1. The molecule has 25 heavy (non-hydrogen) atoms. The number of rotatable bonds is 5. The maximum atomic E-state index is 13.1. The van der Waals surface area contributed by atoms with E-state index >= 15 is 0 Å². The molecule has 2 saturated heterocycles. The Morgan fingerprint density at radius 3 is 2.84 bits per heavy atom. The normalized spacial score (nSPS) is 32.8. The fraction of sp³-hybridized carbons (Fsp3) is 0.789. The summed E-state index contributed by atoms with van der Waals surface area (Å²) in [7, 11) is 1.81. The molecule has 3 atom stereocenters. The van der Waals surface area contributed by atoms with E-state index < -0.39 is 0 Å². The Morgan fingerprint density at radius 1 is 1.28 bits per heavy atom. The zero-order valence-corrected chi connectivity index (χ0v) is 14.9. The summed E-state index contributed by atoms with van der Waals surface area (Å²) >= 11 is 0. The van der Waals surface area contributed by atoms with E-state index in [0.29, 0.717) is 17.5 Å². The molecule has 136 valence electrons. The Morgan fingerprint density at radius 2 is 2.12 bits per heavy atom. The van der Waals surface area contributed by atoms with Crippen molar-refractivity contribution in [1.82, 2.24) is 15.0 Å². The van der Waals surface area contributed by atoms with Crippen molar-refractivity contribution in [2.24, 2.45) is 11.8 Å². The van der Waals surface area contributed by atoms with Gasteiger partial charge in [0.15, 0.2) is 5.69 Å². The first-order valence-corrected chi connectivity index (χ1v) is 9.75. The molecule has 0 spiro atoms. The van der Waals surface area contributed by atoms with Crippen LogP contribution in [0.4, 0.5) is 0 Å². The average molecular weight is 345 g/mol. The Bertz CT molecular complexity index is 652. The van der Waals surface area contributed by atoms with Crippen molar-refractivity contribution in [2.45, 2.75) is 50.2 Å². The number of nitrogens with zero attached hydrogens (tertiary/aromatic N) is 3. The molecule has 4 aliphatic rings. The molecule has 0 radical (unpaired) electrons. The third-order valence-corrected chi connectivity index (χ3v) is 6.45. The van der Waals surface area contributed by atoms with Gasteiger partial charge in [0.25, 0.3) is 5.91 Å². The highest BCUT2D eigenvalue weighted by molar-refractivity contribution is 5.92. The molecule has 2 aliphatic heterocycles. The Balaban J connectivity index is 1.33. The fourth-order valence-corrected chi connectivity index (χ4v) is 4.69. The summed E-state index contributed by atoms with van der Waals surface area (Å²) in [6.07, 6.45) is 6.22. The molecule has 0 unspecified atom stereocenters. The Labute approximate surface area is 148 Å². The SMILES string of the molecule is CO[C@H]1CCN(C(=O)c2cc(C3CC3)on2)[C@@H]2CN(CC3CC3)C[C@H]12. The third kappa shape index (κ3) is 2.99. The van der Waals surface area contributed by atoms with Crippen molar-refractivity contribution in [1.29, 1.82) is 0 Å². The van der Waals surface area contributed by atoms with Crippen molar-refractivity contribution in [3.63, 3.8) is 0 Å². The van der Waals surface area contributed by atoms with Crippen LogP contribution in [0.3, 0.4) is 0 Å². The van der Waals surface area contributed by atoms with Crippen LogP contribution in [-0.2, 0) is 4.74 Å². The number of carbonyl (C=O) groups is 1. The number of carbonyl (C=O) groups excluding carboxylic acids is 1. The van der Waals surface area contributed by atoms with Gasteiger partial charge >= 0.3 is 0 Å². The zero-order valence-electron chi connectivity index (χ0n) is 14.9. The first-order valence-electron chi connectivity index (χ1n) is 9.75. The summed E-state index contributed by atoms with van der Waals surface area (Å²) in [5.74, 6) is 2.70. The highest BCUT2D eigenvalue weighted by Gasteiger charge is 2.47. The smallest absolute Gasteiger partial charge is 0.276 e. The molecule has 1 aromatic heterocycles. The lowest BCUT2D eigenvalue weighted by molar-refractivity contribution is -0.0159. The number of likely N-dealkylation sites (tertiary alicyclic amines) is 2. The summed E-state index contributed by atoms with van der Waals surface area (Å²) in [6, 6.07) is 2.11. The van der Waals surface area contributed by atoms with Crippen molar-refractivity contribution in [3.05, 3.63) is 17.5 Å². The summed E-state index contributed by atoms with van der Waals surface area (Å²) in [5.41, 5.74) is 0.483. The van der Waals surface area contributed by atoms with E-state index in [4.69, 9.17) is 9.26 Å². The van der Waals surface area contributed by atoms with Gasteiger partial charge in [-0.15, -0.1) is 0 Å². The van der Waals surface area contributed by atoms with E-state index in [2.05, 4.69) is 10.1 Å². The number of amides is 1. The number of ether oxygens (including phenoxy) is 1. The van der Waals surface area contributed by atoms with Crippen LogP contribution in [0, 0.1) is 11.8 Å². The number of piperidine rings is 1. The van der Waals surface area contributed by atoms with Gasteiger partial charge in [-0.3, -0.25) is 4.79 Å². The molecular weight excluding hydrogens is 318 g/mol. The lowest BCUT2D eigenvalue weighted by Gasteiger charge is -2.40. The van der Waals surface area contributed by atoms with Gasteiger partial charge in [-0.2, -0.15) is 0 Å². The predicted octanol–water partition coefficient (Wildman–Crippen LogP) is 2.12. The fourth-order valence-electron chi connectivity index (χ4n) is 4.69. The first kappa shape index (κ1) is 15.8. The van der Waals surface area contributed by atoms with Crippen LogP contribution < -0.4 is 0 Å². The van der Waals surface area contributed by atoms with Gasteiger partial charge in [0.05, 0.1) is 12.1 Å². The average Bonchev–Trinajstić information content (AvgIpc) is 3.54. The predicted molar refractivity (Wildman–Crippen MR) is 91.4 cm³/mol. The highest BCUT2D eigenvalue weighted by Crippen LogP contribution is 2.41. The molecule has 6 heteroatoms. The molecule has 0 bridgehead atoms. The topological polar surface area (TPSA) is 58.8 Å². The van der Waals surface area contributed by atoms with Gasteiger partial charge in [0, 0.05) is 51.2 Å². The number of methoxy groups -OCH3 is 1. The molecule has 6 nitrogen and oxygen atoms in total. The van der Waals surface area contributed by atoms with Crippen LogP contribution in [-0.4, -0.2) is 66.3 Å². The van der Waals surface area contributed by atoms with E-state index in [-0.39, 0.29) is 18.1 Å². The molecular formula is C19H27N3O3. The second-order valence-corrected chi connectivity index (χ2v) is 8.34. The lowest BCUT2D eigenvalue weighted by atomic mass is 9.88. The van der Waals surface area contributed by atoms with Gasteiger partial charge < -0.3 is 19.1 Å². The van der Waals surface area contributed by atoms with Crippen molar-refractivity contribution < 1.29 is 14.1 Å². The van der Waals surface area contributed by atoms with Crippen LogP contribution in [0.2, 0.25) is 0 Å². The van der Waals surface area contributed by atoms with E-state index in [0.717, 1.165) is 50.6 Å². The second-order valence-electron chi connectivity index (χ2n) is 8.34. The van der Waals surface area contributed by atoms with Crippen molar-refractivity contribution in [2.75, 3.05) is 33.3 Å². The number of hydrogen-bond donors (Lipinski definition) is 0. The number of hydrogen-bond acceptors (Lipinski definition) is 5. The molecule has 5 rings (SSSR count). The largest absolute Gasteiger partial charge is 0.381 e. The summed E-state index contributed by atoms with van der Waals surface area (Å²) < 4.78 is 11.2. The summed E-state index contributed by atoms with van der Waals surface area (Å²) in [5, 5.41) is 4.07. The van der Waals surface area contributed by atoms with Crippen LogP contribution in [0.25, 0.3) is 0 Å². The molecule has 2 saturated carbocycles. The van der Waals surface area contributed by atoms with Gasteiger partial charge in [0.1, 0.15) is 5.76 Å². The minimum absolute atomic E-state index is 0.0356. The standard InChI is InChI=1S/C19H27N3O3/c1-24-17-6-7-22(16-11-21(10-14(16)17)9-12-2-3-12)19(23)15-8-18(25-20-15)13-4-5-13/h8,12-14,16-17H,2-7,9-11H2,1H3/t14-,16+,17-/m0/s1. The highest BCUT2D eigenvalue weighted by atomic mass is 16.5. The molecule has 1 amide bonds. The Hall–Kier alpha value is -1.40. The minimum Gasteiger partial charge on any atom is -0.381 e. The van der Waals surface area contributed by atoms with E-state index in [1.165, 1.54) is 19.4 Å².